The first-order valence-electron chi connectivity index (χ1n) is 12.5. The number of likely N-dealkylation sites (tertiary alicyclic amines) is 1. The van der Waals surface area contributed by atoms with Crippen LogP contribution in [0.5, 0.6) is 5.75 Å². The maximum Gasteiger partial charge on any atom is 0.423 e. The molecule has 206 valence electrons. The van der Waals surface area contributed by atoms with Crippen LogP contribution >= 0.6 is 11.6 Å². The Kier molecular flexibility index (Phi) is 8.87. The lowest BCUT2D eigenvalue weighted by Gasteiger charge is -2.36. The zero-order valence-electron chi connectivity index (χ0n) is 21.3. The van der Waals surface area contributed by atoms with Gasteiger partial charge in [0.15, 0.2) is 0 Å². The highest BCUT2D eigenvalue weighted by atomic mass is 35.5. The lowest BCUT2D eigenvalue weighted by Crippen LogP contribution is -2.40. The van der Waals surface area contributed by atoms with Crippen LogP contribution in [0.3, 0.4) is 0 Å². The number of methoxy groups -OCH3 is 1. The molecule has 0 radical (unpaired) electrons. The number of aromatic hydroxyl groups is 1. The lowest BCUT2D eigenvalue weighted by atomic mass is 9.68. The van der Waals surface area contributed by atoms with Gasteiger partial charge >= 0.3 is 6.09 Å². The highest BCUT2D eigenvalue weighted by Gasteiger charge is 2.57. The molecule has 0 unspecified atom stereocenters. The van der Waals surface area contributed by atoms with Gasteiger partial charge in [0.2, 0.25) is 11.8 Å². The number of halogens is 1. The molecule has 1 heterocycles. The van der Waals surface area contributed by atoms with E-state index in [1.165, 1.54) is 12.1 Å². The molecule has 0 aromatic heterocycles. The Morgan fingerprint density at radius 2 is 1.87 bits per heavy atom. The van der Waals surface area contributed by atoms with Crippen LogP contribution in [-0.2, 0) is 14.3 Å². The molecule has 3 amide bonds. The summed E-state index contributed by atoms with van der Waals surface area (Å²) in [4.78, 5) is 38.5. The number of aliphatic hydroxyl groups excluding tert-OH is 3. The van der Waals surface area contributed by atoms with Crippen LogP contribution in [-0.4, -0.2) is 69.7 Å². The van der Waals surface area contributed by atoms with Crippen molar-refractivity contribution in [3.8, 4) is 5.75 Å². The maximum absolute atomic E-state index is 13.1. The molecular weight excluding hydrogens is 526 g/mol. The van der Waals surface area contributed by atoms with Crippen LogP contribution in [0.25, 0.3) is 11.6 Å². The van der Waals surface area contributed by atoms with Crippen LogP contribution in [0.1, 0.15) is 30.4 Å². The van der Waals surface area contributed by atoms with Gasteiger partial charge in [-0.1, -0.05) is 41.9 Å². The van der Waals surface area contributed by atoms with E-state index in [0.29, 0.717) is 33.1 Å². The molecule has 1 saturated heterocycles. The van der Waals surface area contributed by atoms with Gasteiger partial charge in [-0.05, 0) is 71.4 Å². The van der Waals surface area contributed by atoms with Crippen molar-refractivity contribution in [1.82, 2.24) is 4.90 Å². The van der Waals surface area contributed by atoms with Gasteiger partial charge in [-0.15, -0.1) is 0 Å². The summed E-state index contributed by atoms with van der Waals surface area (Å²) in [6.07, 6.45) is 0.118. The SMILES string of the molecule is COC(=O)N1C(=O)[C@@H]2[C@@H](CC(CO)=C([C@H](O)CC/C(=C/c3ccc(O)cc3Cl)c3ccccc3)[C@@H]2CO)C1=O. The Bertz CT molecular complexity index is 1320. The Balaban J connectivity index is 1.64. The zero-order valence-corrected chi connectivity index (χ0v) is 22.0. The minimum Gasteiger partial charge on any atom is -0.508 e. The maximum atomic E-state index is 13.1. The van der Waals surface area contributed by atoms with E-state index in [0.717, 1.165) is 18.2 Å². The summed E-state index contributed by atoms with van der Waals surface area (Å²) >= 11 is 6.33. The van der Waals surface area contributed by atoms with Crippen molar-refractivity contribution in [3.05, 3.63) is 75.8 Å². The molecule has 2 aromatic carbocycles. The van der Waals surface area contributed by atoms with Crippen molar-refractivity contribution in [2.24, 2.45) is 17.8 Å². The van der Waals surface area contributed by atoms with E-state index in [-0.39, 0.29) is 18.6 Å². The van der Waals surface area contributed by atoms with Gasteiger partial charge in [0.25, 0.3) is 0 Å². The van der Waals surface area contributed by atoms with E-state index in [9.17, 15) is 34.8 Å². The number of amides is 3. The van der Waals surface area contributed by atoms with Gasteiger partial charge in [0.05, 0.1) is 43.3 Å². The molecule has 4 rings (SSSR count). The minimum atomic E-state index is -1.15. The number of allylic oxidation sites excluding steroid dienone is 1. The summed E-state index contributed by atoms with van der Waals surface area (Å²) in [6.45, 7) is -1.04. The molecule has 0 saturated carbocycles. The number of phenolic OH excluding ortho intramolecular Hbond substituents is 1. The topological polar surface area (TPSA) is 145 Å². The molecule has 4 N–H and O–H groups in total. The Morgan fingerprint density at radius 3 is 2.49 bits per heavy atom. The number of ether oxygens (including phenoxy) is 1. The fraction of sp³-hybridized carbons (Fsp3) is 0.345. The van der Waals surface area contributed by atoms with E-state index < -0.39 is 55.0 Å². The summed E-state index contributed by atoms with van der Waals surface area (Å²) in [6, 6.07) is 14.1. The van der Waals surface area contributed by atoms with Crippen molar-refractivity contribution in [2.75, 3.05) is 20.3 Å². The summed E-state index contributed by atoms with van der Waals surface area (Å²) < 4.78 is 4.59. The number of hydrogen-bond donors (Lipinski definition) is 4. The van der Waals surface area contributed by atoms with Gasteiger partial charge in [-0.2, -0.15) is 4.90 Å². The fourth-order valence-corrected chi connectivity index (χ4v) is 5.83. The van der Waals surface area contributed by atoms with E-state index in [4.69, 9.17) is 11.6 Å². The molecular formula is C29H30ClNO8. The molecule has 0 spiro atoms. The number of carbonyl (C=O) groups excluding carboxylic acids is 3. The Morgan fingerprint density at radius 1 is 1.15 bits per heavy atom. The largest absolute Gasteiger partial charge is 0.508 e. The highest BCUT2D eigenvalue weighted by molar-refractivity contribution is 6.32. The molecule has 2 aliphatic rings. The quantitative estimate of drug-likeness (QED) is 0.220. The summed E-state index contributed by atoms with van der Waals surface area (Å²) in [7, 11) is 1.06. The number of rotatable bonds is 8. The third-order valence-corrected chi connectivity index (χ3v) is 7.76. The molecule has 4 atom stereocenters. The number of fused-ring (bicyclic) bond motifs is 1. The van der Waals surface area contributed by atoms with Crippen LogP contribution in [0.15, 0.2) is 59.7 Å². The number of aliphatic hydroxyl groups is 3. The summed E-state index contributed by atoms with van der Waals surface area (Å²) in [5.41, 5.74) is 3.07. The second-order valence-corrected chi connectivity index (χ2v) is 10.0. The molecule has 1 aliphatic carbocycles. The second-order valence-electron chi connectivity index (χ2n) is 9.62. The monoisotopic (exact) mass is 555 g/mol. The number of benzene rings is 2. The predicted molar refractivity (Wildman–Crippen MR) is 143 cm³/mol. The van der Waals surface area contributed by atoms with Gasteiger partial charge in [0, 0.05) is 5.92 Å². The van der Waals surface area contributed by atoms with Crippen LogP contribution < -0.4 is 0 Å². The molecule has 10 heteroatoms. The smallest absolute Gasteiger partial charge is 0.423 e. The first-order valence-corrected chi connectivity index (χ1v) is 12.9. The molecule has 2 aromatic rings. The number of carbonyl (C=O) groups is 3. The zero-order chi connectivity index (χ0) is 28.3. The van der Waals surface area contributed by atoms with E-state index >= 15 is 0 Å². The Labute approximate surface area is 230 Å². The lowest BCUT2D eigenvalue weighted by molar-refractivity contribution is -0.137. The molecule has 0 bridgehead atoms. The predicted octanol–water partition coefficient (Wildman–Crippen LogP) is 3.40. The molecule has 39 heavy (non-hydrogen) atoms. The van der Waals surface area contributed by atoms with Crippen LogP contribution in [0.2, 0.25) is 5.02 Å². The molecule has 9 nitrogen and oxygen atoms in total. The number of phenols is 1. The van der Waals surface area contributed by atoms with Crippen LogP contribution in [0.4, 0.5) is 4.79 Å². The van der Waals surface area contributed by atoms with E-state index in [2.05, 4.69) is 4.74 Å². The average molecular weight is 556 g/mol. The van der Waals surface area contributed by atoms with E-state index in [1.54, 1.807) is 6.07 Å². The molecule has 1 aliphatic heterocycles. The number of hydrogen-bond acceptors (Lipinski definition) is 8. The average Bonchev–Trinajstić information content (AvgIpc) is 3.19. The van der Waals surface area contributed by atoms with E-state index in [1.807, 2.05) is 36.4 Å². The third kappa shape index (κ3) is 5.62. The van der Waals surface area contributed by atoms with Gasteiger partial charge < -0.3 is 25.2 Å². The third-order valence-electron chi connectivity index (χ3n) is 7.43. The standard InChI is InChI=1S/C29H30ClNO8/c1-39-29(38)31-27(36)21-12-19(14-32)25(22(15-33)26(21)28(31)37)24(35)10-8-17(16-5-3-2-4-6-16)11-18-7-9-20(34)13-23(18)30/h2-7,9,11,13,21-22,24,26,32-35H,8,10,12,14-15H2,1H3/b17-11-/t21-,22+,24-,26-/m1/s1. The summed E-state index contributed by atoms with van der Waals surface area (Å²) in [5.74, 6) is -4.44. The van der Waals surface area contributed by atoms with Crippen molar-refractivity contribution in [3.63, 3.8) is 0 Å². The first kappa shape index (κ1) is 28.5. The summed E-state index contributed by atoms with van der Waals surface area (Å²) in [5, 5.41) is 41.8. The van der Waals surface area contributed by atoms with Crippen molar-refractivity contribution in [2.45, 2.75) is 25.4 Å². The normalized spacial score (nSPS) is 22.2. The molecule has 1 fully saturated rings. The van der Waals surface area contributed by atoms with Gasteiger partial charge in [-0.3, -0.25) is 9.59 Å². The highest BCUT2D eigenvalue weighted by Crippen LogP contribution is 2.46. The van der Waals surface area contributed by atoms with Crippen molar-refractivity contribution < 1.29 is 39.5 Å². The van der Waals surface area contributed by atoms with Crippen molar-refractivity contribution in [1.29, 1.82) is 0 Å². The van der Waals surface area contributed by atoms with Gasteiger partial charge in [-0.25, -0.2) is 4.79 Å². The Hall–Kier alpha value is -3.50. The number of nitrogens with zero attached hydrogens (tertiary/aromatic N) is 1. The van der Waals surface area contributed by atoms with Crippen molar-refractivity contribution >= 4 is 41.2 Å². The number of imide groups is 3. The fourth-order valence-electron chi connectivity index (χ4n) is 5.60. The minimum absolute atomic E-state index is 0.0212. The van der Waals surface area contributed by atoms with Gasteiger partial charge in [0.1, 0.15) is 5.75 Å². The second kappa shape index (κ2) is 12.1. The first-order chi connectivity index (χ1) is 18.7. The van der Waals surface area contributed by atoms with Crippen LogP contribution in [0, 0.1) is 17.8 Å².